The van der Waals surface area contributed by atoms with Crippen LogP contribution < -0.4 is 10.5 Å². The number of thiazole rings is 1. The summed E-state index contributed by atoms with van der Waals surface area (Å²) in [5.41, 5.74) is 1.89. The van der Waals surface area contributed by atoms with E-state index in [1.165, 1.54) is 17.4 Å². The van der Waals surface area contributed by atoms with Crippen LogP contribution in [0.3, 0.4) is 0 Å². The minimum absolute atomic E-state index is 0.0469. The zero-order valence-corrected chi connectivity index (χ0v) is 12.8. The van der Waals surface area contributed by atoms with Crippen molar-refractivity contribution in [2.24, 2.45) is 0 Å². The number of aryl methyl sites for hydroxylation is 2. The molecule has 0 unspecified atom stereocenters. The van der Waals surface area contributed by atoms with Crippen molar-refractivity contribution in [3.05, 3.63) is 39.3 Å². The Bertz CT molecular complexity index is 982. The van der Waals surface area contributed by atoms with Gasteiger partial charge in [0.25, 0.3) is 10.0 Å². The third kappa shape index (κ3) is 2.57. The summed E-state index contributed by atoms with van der Waals surface area (Å²) in [6.45, 7) is 3.42. The van der Waals surface area contributed by atoms with Gasteiger partial charge in [-0.15, -0.1) is 11.3 Å². The topological polar surface area (TPSA) is 105 Å². The van der Waals surface area contributed by atoms with E-state index in [1.54, 1.807) is 25.3 Å². The molecule has 7 nitrogen and oxygen atoms in total. The highest BCUT2D eigenvalue weighted by molar-refractivity contribution is 7.93. The minimum Gasteiger partial charge on any atom is -0.408 e. The molecule has 21 heavy (non-hydrogen) atoms. The predicted molar refractivity (Wildman–Crippen MR) is 79.2 cm³/mol. The molecule has 0 saturated carbocycles. The van der Waals surface area contributed by atoms with E-state index in [0.717, 1.165) is 5.69 Å². The van der Waals surface area contributed by atoms with Gasteiger partial charge in [0.1, 0.15) is 0 Å². The summed E-state index contributed by atoms with van der Waals surface area (Å²) in [7, 11) is -3.79. The number of sulfonamides is 1. The van der Waals surface area contributed by atoms with Crippen LogP contribution in [0.15, 0.2) is 31.6 Å². The summed E-state index contributed by atoms with van der Waals surface area (Å²) in [6, 6.07) is 2.88. The van der Waals surface area contributed by atoms with Gasteiger partial charge in [0.05, 0.1) is 16.1 Å². The largest absolute Gasteiger partial charge is 0.417 e. The maximum Gasteiger partial charge on any atom is 0.417 e. The van der Waals surface area contributed by atoms with Crippen molar-refractivity contribution >= 4 is 37.6 Å². The van der Waals surface area contributed by atoms with Crippen molar-refractivity contribution < 1.29 is 12.8 Å². The Morgan fingerprint density at radius 2 is 2.10 bits per heavy atom. The highest BCUT2D eigenvalue weighted by atomic mass is 32.2. The lowest BCUT2D eigenvalue weighted by Gasteiger charge is -2.07. The average Bonchev–Trinajstić information content (AvgIpc) is 2.92. The maximum atomic E-state index is 12.4. The first kappa shape index (κ1) is 13.8. The number of fused-ring (bicyclic) bond motifs is 1. The van der Waals surface area contributed by atoms with Crippen LogP contribution in [0.5, 0.6) is 0 Å². The van der Waals surface area contributed by atoms with Crippen molar-refractivity contribution in [2.75, 3.05) is 4.72 Å². The molecular weight excluding hydrogens is 314 g/mol. The number of nitrogens with zero attached hydrogens (tertiary/aromatic N) is 1. The lowest BCUT2D eigenvalue weighted by molar-refractivity contribution is 0.554. The van der Waals surface area contributed by atoms with Gasteiger partial charge in [-0.1, -0.05) is 0 Å². The highest BCUT2D eigenvalue weighted by Gasteiger charge is 2.20. The second-order valence-electron chi connectivity index (χ2n) is 4.53. The number of H-pyrrole nitrogens is 1. The fraction of sp³-hybridized carbons (Fsp3) is 0.167. The molecule has 0 amide bonds. The van der Waals surface area contributed by atoms with Gasteiger partial charge in [-0.3, -0.25) is 9.71 Å². The molecule has 0 bridgehead atoms. The Morgan fingerprint density at radius 1 is 1.33 bits per heavy atom. The van der Waals surface area contributed by atoms with Gasteiger partial charge in [-0.25, -0.2) is 18.2 Å². The molecular formula is C12H11N3O4S2. The van der Waals surface area contributed by atoms with Crippen LogP contribution in [0.4, 0.5) is 5.13 Å². The summed E-state index contributed by atoms with van der Waals surface area (Å²) < 4.78 is 32.1. The number of benzene rings is 1. The Morgan fingerprint density at radius 3 is 2.76 bits per heavy atom. The molecule has 110 valence electrons. The smallest absolute Gasteiger partial charge is 0.408 e. The Balaban J connectivity index is 2.09. The van der Waals surface area contributed by atoms with Crippen molar-refractivity contribution in [3.63, 3.8) is 0 Å². The summed E-state index contributed by atoms with van der Waals surface area (Å²) in [5, 5.41) is 2.04. The van der Waals surface area contributed by atoms with Gasteiger partial charge >= 0.3 is 5.76 Å². The molecule has 0 spiro atoms. The van der Waals surface area contributed by atoms with Crippen LogP contribution in [0.2, 0.25) is 0 Å². The molecule has 0 fully saturated rings. The first-order chi connectivity index (χ1) is 9.85. The number of oxazole rings is 1. The van der Waals surface area contributed by atoms with Gasteiger partial charge in [-0.05, 0) is 25.5 Å². The van der Waals surface area contributed by atoms with Crippen LogP contribution in [0, 0.1) is 13.8 Å². The zero-order valence-electron chi connectivity index (χ0n) is 11.1. The van der Waals surface area contributed by atoms with E-state index >= 15 is 0 Å². The summed E-state index contributed by atoms with van der Waals surface area (Å²) in [5.74, 6) is -0.623. The SMILES string of the molecule is Cc1csc(NS(=O)(=O)c2cc3oc(=O)[nH]c3cc2C)n1. The van der Waals surface area contributed by atoms with Gasteiger partial charge < -0.3 is 4.42 Å². The highest BCUT2D eigenvalue weighted by Crippen LogP contribution is 2.25. The predicted octanol–water partition coefficient (Wildman–Crippen LogP) is 2.00. The minimum atomic E-state index is -3.79. The molecule has 0 saturated heterocycles. The number of aromatic nitrogens is 2. The first-order valence-electron chi connectivity index (χ1n) is 5.93. The Kier molecular flexibility index (Phi) is 3.10. The third-order valence-corrected chi connectivity index (χ3v) is 5.33. The number of anilines is 1. The second-order valence-corrected chi connectivity index (χ2v) is 7.04. The normalized spacial score (nSPS) is 11.9. The molecule has 0 aliphatic rings. The summed E-state index contributed by atoms with van der Waals surface area (Å²) in [4.78, 5) is 17.8. The zero-order chi connectivity index (χ0) is 15.2. The van der Waals surface area contributed by atoms with Crippen molar-refractivity contribution in [2.45, 2.75) is 18.7 Å². The van der Waals surface area contributed by atoms with Crippen LogP contribution in [0.1, 0.15) is 11.3 Å². The standard InChI is InChI=1S/C12H11N3O4S2/c1-6-3-8-9(19-12(16)14-8)4-10(6)21(17,18)15-11-13-7(2)5-20-11/h3-5H,1-2H3,(H,13,15)(H,14,16). The summed E-state index contributed by atoms with van der Waals surface area (Å²) >= 11 is 1.20. The lowest BCUT2D eigenvalue weighted by atomic mass is 10.2. The van der Waals surface area contributed by atoms with Crippen LogP contribution >= 0.6 is 11.3 Å². The van der Waals surface area contributed by atoms with E-state index < -0.39 is 15.8 Å². The first-order valence-corrected chi connectivity index (χ1v) is 8.30. The molecule has 0 atom stereocenters. The molecule has 1 aromatic carbocycles. The molecule has 0 aliphatic carbocycles. The van der Waals surface area contributed by atoms with E-state index in [-0.39, 0.29) is 10.5 Å². The molecule has 0 radical (unpaired) electrons. The van der Waals surface area contributed by atoms with Crippen molar-refractivity contribution in [1.82, 2.24) is 9.97 Å². The van der Waals surface area contributed by atoms with E-state index in [4.69, 9.17) is 4.42 Å². The van der Waals surface area contributed by atoms with E-state index in [0.29, 0.717) is 16.2 Å². The van der Waals surface area contributed by atoms with Crippen LogP contribution in [-0.2, 0) is 10.0 Å². The molecule has 2 N–H and O–H groups in total. The maximum absolute atomic E-state index is 12.4. The number of nitrogens with one attached hydrogen (secondary N) is 2. The number of hydrogen-bond donors (Lipinski definition) is 2. The molecule has 0 aliphatic heterocycles. The monoisotopic (exact) mass is 325 g/mol. The quantitative estimate of drug-likeness (QED) is 0.766. The fourth-order valence-corrected chi connectivity index (χ4v) is 4.13. The number of hydrogen-bond acceptors (Lipinski definition) is 6. The van der Waals surface area contributed by atoms with Gasteiger partial charge in [0.2, 0.25) is 0 Å². The third-order valence-electron chi connectivity index (χ3n) is 2.85. The fourth-order valence-electron chi connectivity index (χ4n) is 1.95. The van der Waals surface area contributed by atoms with Gasteiger partial charge in [0, 0.05) is 11.4 Å². The number of rotatable bonds is 3. The van der Waals surface area contributed by atoms with Gasteiger partial charge in [-0.2, -0.15) is 0 Å². The molecule has 3 aromatic rings. The molecule has 2 aromatic heterocycles. The van der Waals surface area contributed by atoms with Crippen molar-refractivity contribution in [3.8, 4) is 0 Å². The van der Waals surface area contributed by atoms with E-state index in [2.05, 4.69) is 14.7 Å². The Labute approximate surface area is 123 Å². The molecule has 2 heterocycles. The van der Waals surface area contributed by atoms with E-state index in [9.17, 15) is 13.2 Å². The lowest BCUT2D eigenvalue weighted by Crippen LogP contribution is -2.14. The average molecular weight is 325 g/mol. The van der Waals surface area contributed by atoms with Crippen LogP contribution in [-0.4, -0.2) is 18.4 Å². The van der Waals surface area contributed by atoms with Crippen molar-refractivity contribution in [1.29, 1.82) is 0 Å². The van der Waals surface area contributed by atoms with Gasteiger partial charge in [0.15, 0.2) is 10.7 Å². The number of aromatic amines is 1. The molecule has 9 heteroatoms. The Hall–Kier alpha value is -2.13. The van der Waals surface area contributed by atoms with E-state index in [1.807, 2.05) is 0 Å². The van der Waals surface area contributed by atoms with Crippen LogP contribution in [0.25, 0.3) is 11.1 Å². The molecule has 3 rings (SSSR count). The second kappa shape index (κ2) is 4.71. The summed E-state index contributed by atoms with van der Waals surface area (Å²) in [6.07, 6.45) is 0.